The highest BCUT2D eigenvalue weighted by atomic mass is 16.6. The zero-order valence-electron chi connectivity index (χ0n) is 9.07. The monoisotopic (exact) mass is 243 g/mol. The van der Waals surface area contributed by atoms with Crippen molar-refractivity contribution in [3.8, 4) is 11.1 Å². The van der Waals surface area contributed by atoms with Crippen LogP contribution < -0.4 is 0 Å². The van der Waals surface area contributed by atoms with Crippen LogP contribution >= 0.6 is 0 Å². The first-order valence-corrected chi connectivity index (χ1v) is 4.99. The first-order chi connectivity index (χ1) is 8.61. The van der Waals surface area contributed by atoms with Gasteiger partial charge in [0.15, 0.2) is 0 Å². The van der Waals surface area contributed by atoms with Gasteiger partial charge in [0.1, 0.15) is 0 Å². The maximum atomic E-state index is 10.9. The van der Waals surface area contributed by atoms with Crippen LogP contribution in [0.5, 0.6) is 0 Å². The summed E-state index contributed by atoms with van der Waals surface area (Å²) in [4.78, 5) is 20.7. The summed E-state index contributed by atoms with van der Waals surface area (Å²) in [6.07, 6.45) is 0. The van der Waals surface area contributed by atoms with Gasteiger partial charge in [-0.1, -0.05) is 18.2 Å². The standard InChI is InChI=1S/C12H7N2O4/c15-13(16)11-7-3-1-5-9(11)10-6-2-4-8-12(10)14(17)18/h1-3,5-8H. The maximum absolute atomic E-state index is 10.9. The minimum absolute atomic E-state index is 0.160. The number of nitrogens with zero attached hydrogens (tertiary/aromatic N) is 2. The van der Waals surface area contributed by atoms with Crippen molar-refractivity contribution in [2.75, 3.05) is 0 Å². The van der Waals surface area contributed by atoms with Crippen LogP contribution in [0.3, 0.4) is 0 Å². The fourth-order valence-corrected chi connectivity index (χ4v) is 1.66. The van der Waals surface area contributed by atoms with E-state index in [2.05, 4.69) is 6.07 Å². The number of nitro benzene ring substituents is 2. The second kappa shape index (κ2) is 4.62. The molecule has 0 aliphatic heterocycles. The maximum Gasteiger partial charge on any atom is 0.278 e. The predicted molar refractivity (Wildman–Crippen MR) is 64.0 cm³/mol. The molecule has 2 aromatic rings. The van der Waals surface area contributed by atoms with Gasteiger partial charge in [-0.2, -0.15) is 0 Å². The molecule has 0 fully saturated rings. The Morgan fingerprint density at radius 3 is 2.17 bits per heavy atom. The molecule has 0 amide bonds. The smallest absolute Gasteiger partial charge is 0.258 e. The van der Waals surface area contributed by atoms with Crippen LogP contribution in [0.25, 0.3) is 11.1 Å². The minimum atomic E-state index is -0.581. The van der Waals surface area contributed by atoms with Gasteiger partial charge in [-0.15, -0.1) is 0 Å². The summed E-state index contributed by atoms with van der Waals surface area (Å²) in [5.74, 6) is 0. The molecule has 0 unspecified atom stereocenters. The summed E-state index contributed by atoms with van der Waals surface area (Å²) in [6, 6.07) is 12.6. The van der Waals surface area contributed by atoms with E-state index in [0.717, 1.165) is 0 Å². The Bertz CT molecular complexity index is 569. The van der Waals surface area contributed by atoms with Gasteiger partial charge in [0.25, 0.3) is 11.4 Å². The predicted octanol–water partition coefficient (Wildman–Crippen LogP) is 2.97. The SMILES string of the molecule is O=[N+]([O-])c1c[c]ccc1-c1ccccc1[N+](=O)[O-]. The highest BCUT2D eigenvalue weighted by Gasteiger charge is 2.21. The number of nitro groups is 2. The third kappa shape index (κ3) is 2.03. The average Bonchev–Trinajstić information content (AvgIpc) is 2.38. The number of rotatable bonds is 3. The summed E-state index contributed by atoms with van der Waals surface area (Å²) in [6.45, 7) is 0. The fraction of sp³-hybridized carbons (Fsp3) is 0. The molecular weight excluding hydrogens is 236 g/mol. The van der Waals surface area contributed by atoms with Gasteiger partial charge < -0.3 is 0 Å². The van der Waals surface area contributed by atoms with E-state index in [1.807, 2.05) is 0 Å². The first-order valence-electron chi connectivity index (χ1n) is 4.99. The lowest BCUT2D eigenvalue weighted by Crippen LogP contribution is -1.95. The lowest BCUT2D eigenvalue weighted by molar-refractivity contribution is -0.386. The molecule has 2 aromatic carbocycles. The molecule has 0 saturated carbocycles. The third-order valence-electron chi connectivity index (χ3n) is 2.43. The van der Waals surface area contributed by atoms with Crippen molar-refractivity contribution in [1.82, 2.24) is 0 Å². The summed E-state index contributed by atoms with van der Waals surface area (Å²) in [5.41, 5.74) is 0.0767. The van der Waals surface area contributed by atoms with Crippen LogP contribution in [0.15, 0.2) is 42.5 Å². The van der Waals surface area contributed by atoms with Crippen molar-refractivity contribution in [2.24, 2.45) is 0 Å². The number of hydrogen-bond donors (Lipinski definition) is 0. The van der Waals surface area contributed by atoms with E-state index >= 15 is 0 Å². The molecule has 0 atom stereocenters. The molecule has 0 heterocycles. The van der Waals surface area contributed by atoms with E-state index in [4.69, 9.17) is 0 Å². The van der Waals surface area contributed by atoms with Crippen LogP contribution in [-0.4, -0.2) is 9.85 Å². The van der Waals surface area contributed by atoms with Crippen molar-refractivity contribution in [2.45, 2.75) is 0 Å². The fourth-order valence-electron chi connectivity index (χ4n) is 1.66. The lowest BCUT2D eigenvalue weighted by Gasteiger charge is -2.03. The zero-order chi connectivity index (χ0) is 13.1. The first kappa shape index (κ1) is 11.7. The average molecular weight is 243 g/mol. The van der Waals surface area contributed by atoms with E-state index < -0.39 is 9.85 Å². The number of para-hydroxylation sites is 1. The Morgan fingerprint density at radius 1 is 0.889 bits per heavy atom. The van der Waals surface area contributed by atoms with E-state index in [1.165, 1.54) is 36.4 Å². The van der Waals surface area contributed by atoms with Gasteiger partial charge in [0.05, 0.1) is 21.0 Å². The van der Waals surface area contributed by atoms with E-state index in [0.29, 0.717) is 0 Å². The van der Waals surface area contributed by atoms with Crippen molar-refractivity contribution in [3.05, 3.63) is 68.8 Å². The molecule has 6 heteroatoms. The number of hydrogen-bond acceptors (Lipinski definition) is 4. The molecule has 0 aromatic heterocycles. The summed E-state index contributed by atoms with van der Waals surface area (Å²) < 4.78 is 0. The molecule has 1 radical (unpaired) electrons. The van der Waals surface area contributed by atoms with Crippen LogP contribution in [0.2, 0.25) is 0 Å². The van der Waals surface area contributed by atoms with Crippen LogP contribution in [0.1, 0.15) is 0 Å². The van der Waals surface area contributed by atoms with Gasteiger partial charge >= 0.3 is 0 Å². The van der Waals surface area contributed by atoms with E-state index in [-0.39, 0.29) is 22.5 Å². The van der Waals surface area contributed by atoms with Gasteiger partial charge in [-0.3, -0.25) is 20.2 Å². The van der Waals surface area contributed by atoms with Crippen molar-refractivity contribution < 1.29 is 9.85 Å². The van der Waals surface area contributed by atoms with Gasteiger partial charge in [0.2, 0.25) is 0 Å². The minimum Gasteiger partial charge on any atom is -0.258 e. The Morgan fingerprint density at radius 2 is 1.50 bits per heavy atom. The van der Waals surface area contributed by atoms with Crippen molar-refractivity contribution >= 4 is 11.4 Å². The largest absolute Gasteiger partial charge is 0.278 e. The second-order valence-electron chi connectivity index (χ2n) is 3.47. The molecule has 0 N–H and O–H groups in total. The third-order valence-corrected chi connectivity index (χ3v) is 2.43. The normalized spacial score (nSPS) is 10.0. The molecule has 0 saturated heterocycles. The molecular formula is C12H7N2O4. The van der Waals surface area contributed by atoms with Crippen LogP contribution in [0, 0.1) is 26.3 Å². The summed E-state index contributed by atoms with van der Waals surface area (Å²) in [5, 5.41) is 21.8. The van der Waals surface area contributed by atoms with Crippen LogP contribution in [-0.2, 0) is 0 Å². The van der Waals surface area contributed by atoms with Gasteiger partial charge in [-0.25, -0.2) is 0 Å². The molecule has 18 heavy (non-hydrogen) atoms. The molecule has 6 nitrogen and oxygen atoms in total. The van der Waals surface area contributed by atoms with Crippen molar-refractivity contribution in [3.63, 3.8) is 0 Å². The molecule has 2 rings (SSSR count). The van der Waals surface area contributed by atoms with Crippen molar-refractivity contribution in [1.29, 1.82) is 0 Å². The topological polar surface area (TPSA) is 86.3 Å². The highest BCUT2D eigenvalue weighted by Crippen LogP contribution is 2.35. The molecule has 89 valence electrons. The molecule has 0 bridgehead atoms. The molecule has 0 spiro atoms. The lowest BCUT2D eigenvalue weighted by atomic mass is 10.0. The number of benzene rings is 2. The van der Waals surface area contributed by atoms with Gasteiger partial charge in [-0.05, 0) is 18.2 Å². The molecule has 0 aliphatic rings. The van der Waals surface area contributed by atoms with E-state index in [9.17, 15) is 20.2 Å². The van der Waals surface area contributed by atoms with E-state index in [1.54, 1.807) is 6.07 Å². The zero-order valence-corrected chi connectivity index (χ0v) is 9.07. The summed E-state index contributed by atoms with van der Waals surface area (Å²) in [7, 11) is 0. The Balaban J connectivity index is 2.70. The summed E-state index contributed by atoms with van der Waals surface area (Å²) >= 11 is 0. The Kier molecular flexibility index (Phi) is 3.01. The van der Waals surface area contributed by atoms with Gasteiger partial charge in [0, 0.05) is 12.1 Å². The Labute approximate surface area is 102 Å². The molecule has 0 aliphatic carbocycles. The highest BCUT2D eigenvalue weighted by molar-refractivity contribution is 5.80. The Hall–Kier alpha value is -2.76. The second-order valence-corrected chi connectivity index (χ2v) is 3.47. The quantitative estimate of drug-likeness (QED) is 0.612. The van der Waals surface area contributed by atoms with Crippen LogP contribution in [0.4, 0.5) is 11.4 Å².